The van der Waals surface area contributed by atoms with E-state index in [9.17, 15) is 23.1 Å². The van der Waals surface area contributed by atoms with Crippen molar-refractivity contribution in [3.05, 3.63) is 23.9 Å². The topological polar surface area (TPSA) is 62.7 Å². The number of carbonyl (C=O) groups is 1. The second-order valence-electron chi connectivity index (χ2n) is 5.87. The zero-order valence-electron chi connectivity index (χ0n) is 12.9. The number of carbonyl (C=O) groups excluding carboxylic acids is 1. The third kappa shape index (κ3) is 3.93. The molecule has 8 heteroatoms. The van der Waals surface area contributed by atoms with E-state index >= 15 is 0 Å². The third-order valence-corrected chi connectivity index (χ3v) is 3.75. The van der Waals surface area contributed by atoms with Crippen molar-refractivity contribution in [3.63, 3.8) is 0 Å². The van der Waals surface area contributed by atoms with Crippen molar-refractivity contribution >= 4 is 5.91 Å². The number of aromatic nitrogens is 1. The monoisotopic (exact) mass is 332 g/mol. The minimum atomic E-state index is -4.68. The number of halogens is 3. The van der Waals surface area contributed by atoms with E-state index in [1.165, 1.54) is 17.2 Å². The van der Waals surface area contributed by atoms with Gasteiger partial charge in [0.05, 0.1) is 11.7 Å². The second-order valence-corrected chi connectivity index (χ2v) is 5.87. The van der Waals surface area contributed by atoms with Crippen LogP contribution in [0.3, 0.4) is 0 Å². The fraction of sp³-hybridized carbons (Fsp3) is 0.600. The van der Waals surface area contributed by atoms with Crippen molar-refractivity contribution < 1.29 is 27.8 Å². The number of hydrogen-bond acceptors (Lipinski definition) is 4. The maximum absolute atomic E-state index is 12.7. The van der Waals surface area contributed by atoms with E-state index < -0.39 is 30.5 Å². The van der Waals surface area contributed by atoms with Crippen molar-refractivity contribution in [2.75, 3.05) is 13.1 Å². The number of pyridine rings is 1. The van der Waals surface area contributed by atoms with Gasteiger partial charge in [-0.3, -0.25) is 4.79 Å². The van der Waals surface area contributed by atoms with Gasteiger partial charge in [0.15, 0.2) is 5.60 Å². The van der Waals surface area contributed by atoms with E-state index in [2.05, 4.69) is 4.98 Å². The lowest BCUT2D eigenvalue weighted by Crippen LogP contribution is -2.54. The predicted molar refractivity (Wildman–Crippen MR) is 76.1 cm³/mol. The summed E-state index contributed by atoms with van der Waals surface area (Å²) in [6, 6.07) is 3.07. The van der Waals surface area contributed by atoms with Crippen LogP contribution in [0.5, 0.6) is 5.88 Å². The number of aliphatic hydroxyl groups is 1. The molecule has 0 saturated carbocycles. The van der Waals surface area contributed by atoms with Gasteiger partial charge in [0.25, 0.3) is 5.91 Å². The third-order valence-electron chi connectivity index (χ3n) is 3.75. The van der Waals surface area contributed by atoms with E-state index in [0.29, 0.717) is 5.88 Å². The van der Waals surface area contributed by atoms with Crippen molar-refractivity contribution in [1.29, 1.82) is 0 Å². The van der Waals surface area contributed by atoms with E-state index in [0.717, 1.165) is 0 Å². The van der Waals surface area contributed by atoms with E-state index in [-0.39, 0.29) is 24.8 Å². The molecule has 0 spiro atoms. The summed E-state index contributed by atoms with van der Waals surface area (Å²) in [7, 11) is 0. The number of rotatable bonds is 3. The average molecular weight is 332 g/mol. The summed E-state index contributed by atoms with van der Waals surface area (Å²) in [5, 5.41) is 9.61. The Bertz CT molecular complexity index is 550. The number of ether oxygens (including phenoxy) is 1. The van der Waals surface area contributed by atoms with Crippen LogP contribution in [-0.4, -0.2) is 51.9 Å². The Balaban J connectivity index is 2.00. The minimum absolute atomic E-state index is 0.0498. The highest BCUT2D eigenvalue weighted by molar-refractivity contribution is 5.94. The first-order valence-electron chi connectivity index (χ1n) is 7.33. The van der Waals surface area contributed by atoms with Crippen LogP contribution in [0.4, 0.5) is 13.2 Å². The normalized spacial score (nSPS) is 18.1. The smallest absolute Gasteiger partial charge is 0.417 e. The first kappa shape index (κ1) is 17.5. The molecule has 2 rings (SSSR count). The van der Waals surface area contributed by atoms with Crippen LogP contribution in [-0.2, 0) is 0 Å². The van der Waals surface area contributed by atoms with Crippen LogP contribution in [0.15, 0.2) is 18.3 Å². The molecule has 23 heavy (non-hydrogen) atoms. The lowest BCUT2D eigenvalue weighted by Gasteiger charge is -2.39. The number of piperidine rings is 1. The number of likely N-dealkylation sites (tertiary alicyclic amines) is 1. The van der Waals surface area contributed by atoms with Crippen molar-refractivity contribution in [3.8, 4) is 5.88 Å². The Morgan fingerprint density at radius 2 is 1.96 bits per heavy atom. The van der Waals surface area contributed by atoms with Gasteiger partial charge in [-0.2, -0.15) is 13.2 Å². The first-order valence-corrected chi connectivity index (χ1v) is 7.33. The van der Waals surface area contributed by atoms with Gasteiger partial charge in [-0.25, -0.2) is 4.98 Å². The molecular weight excluding hydrogens is 313 g/mol. The fourth-order valence-corrected chi connectivity index (χ4v) is 2.36. The maximum atomic E-state index is 12.7. The van der Waals surface area contributed by atoms with E-state index in [1.54, 1.807) is 6.07 Å². The van der Waals surface area contributed by atoms with Gasteiger partial charge in [0, 0.05) is 38.2 Å². The minimum Gasteiger partial charge on any atom is -0.475 e. The van der Waals surface area contributed by atoms with Gasteiger partial charge in [-0.1, -0.05) is 0 Å². The molecule has 1 amide bonds. The molecule has 1 saturated heterocycles. The number of alkyl halides is 3. The summed E-state index contributed by atoms with van der Waals surface area (Å²) in [5.41, 5.74) is -2.43. The molecular formula is C15H19F3N2O3. The highest BCUT2D eigenvalue weighted by Crippen LogP contribution is 2.38. The van der Waals surface area contributed by atoms with Gasteiger partial charge in [-0.15, -0.1) is 0 Å². The maximum Gasteiger partial charge on any atom is 0.417 e. The Morgan fingerprint density at radius 1 is 1.35 bits per heavy atom. The molecule has 1 aromatic heterocycles. The second kappa shape index (κ2) is 6.35. The number of amides is 1. The standard InChI is InChI=1S/C15H19F3N2O3/c1-10(2)23-12-4-3-11(9-19-12)13(21)20-7-5-14(22,6-8-20)15(16,17)18/h3-4,9-10,22H,5-8H2,1-2H3. The molecule has 0 unspecified atom stereocenters. The molecule has 5 nitrogen and oxygen atoms in total. The number of nitrogens with zero attached hydrogens (tertiary/aromatic N) is 2. The summed E-state index contributed by atoms with van der Waals surface area (Å²) >= 11 is 0. The van der Waals surface area contributed by atoms with E-state index in [4.69, 9.17) is 4.74 Å². The zero-order valence-corrected chi connectivity index (χ0v) is 12.9. The van der Waals surface area contributed by atoms with Crippen LogP contribution in [0.2, 0.25) is 0 Å². The molecule has 0 radical (unpaired) electrons. The highest BCUT2D eigenvalue weighted by atomic mass is 19.4. The highest BCUT2D eigenvalue weighted by Gasteiger charge is 2.54. The van der Waals surface area contributed by atoms with Crippen molar-refractivity contribution in [1.82, 2.24) is 9.88 Å². The first-order chi connectivity index (χ1) is 10.6. The quantitative estimate of drug-likeness (QED) is 0.923. The summed E-state index contributed by atoms with van der Waals surface area (Å²) in [6.07, 6.45) is -4.44. The molecule has 0 aromatic carbocycles. The van der Waals surface area contributed by atoms with E-state index in [1.807, 2.05) is 13.8 Å². The molecule has 128 valence electrons. The summed E-state index contributed by atoms with van der Waals surface area (Å²) < 4.78 is 43.6. The molecule has 0 atom stereocenters. The van der Waals surface area contributed by atoms with Gasteiger partial charge in [-0.05, 0) is 19.9 Å². The molecule has 2 heterocycles. The molecule has 1 fully saturated rings. The summed E-state index contributed by atoms with van der Waals surface area (Å²) in [4.78, 5) is 17.6. The lowest BCUT2D eigenvalue weighted by molar-refractivity contribution is -0.271. The van der Waals surface area contributed by atoms with Gasteiger partial charge < -0.3 is 14.7 Å². The zero-order chi connectivity index (χ0) is 17.3. The predicted octanol–water partition coefficient (Wildman–Crippen LogP) is 2.40. The van der Waals surface area contributed by atoms with Gasteiger partial charge >= 0.3 is 6.18 Å². The SMILES string of the molecule is CC(C)Oc1ccc(C(=O)N2CCC(O)(C(F)(F)F)CC2)cn1. The molecule has 0 bridgehead atoms. The number of hydrogen-bond donors (Lipinski definition) is 1. The van der Waals surface area contributed by atoms with Crippen molar-refractivity contribution in [2.24, 2.45) is 0 Å². The van der Waals surface area contributed by atoms with Crippen LogP contribution in [0.25, 0.3) is 0 Å². The molecule has 0 aliphatic carbocycles. The average Bonchev–Trinajstić information content (AvgIpc) is 2.46. The lowest BCUT2D eigenvalue weighted by atomic mass is 9.90. The van der Waals surface area contributed by atoms with Crippen LogP contribution < -0.4 is 4.74 Å². The van der Waals surface area contributed by atoms with Gasteiger partial charge in [0.2, 0.25) is 5.88 Å². The van der Waals surface area contributed by atoms with Crippen LogP contribution in [0, 0.1) is 0 Å². The summed E-state index contributed by atoms with van der Waals surface area (Å²) in [6.45, 7) is 3.38. The molecule has 1 aliphatic heterocycles. The Labute approximate surface area is 132 Å². The Kier molecular flexibility index (Phi) is 4.84. The molecule has 1 aliphatic rings. The fourth-order valence-electron chi connectivity index (χ4n) is 2.36. The molecule has 1 N–H and O–H groups in total. The molecule has 1 aromatic rings. The van der Waals surface area contributed by atoms with Crippen molar-refractivity contribution in [2.45, 2.75) is 44.6 Å². The van der Waals surface area contributed by atoms with Crippen LogP contribution in [0.1, 0.15) is 37.0 Å². The Hall–Kier alpha value is -1.83. The Morgan fingerprint density at radius 3 is 2.39 bits per heavy atom. The largest absolute Gasteiger partial charge is 0.475 e. The van der Waals surface area contributed by atoms with Crippen LogP contribution >= 0.6 is 0 Å². The summed E-state index contributed by atoms with van der Waals surface area (Å²) in [5.74, 6) is -0.0283. The van der Waals surface area contributed by atoms with Gasteiger partial charge in [0.1, 0.15) is 0 Å².